The lowest BCUT2D eigenvalue weighted by molar-refractivity contribution is -0.384. The molecule has 2 aromatic carbocycles. The van der Waals surface area contributed by atoms with Crippen LogP contribution in [0.4, 0.5) is 5.69 Å². The molecule has 0 saturated carbocycles. The number of carbonyl (C=O) groups excluding carboxylic acids is 1. The van der Waals surface area contributed by atoms with E-state index in [1.807, 2.05) is 6.07 Å². The fourth-order valence-electron chi connectivity index (χ4n) is 2.25. The van der Waals surface area contributed by atoms with Gasteiger partial charge in [-0.15, -0.1) is 0 Å². The zero-order chi connectivity index (χ0) is 17.8. The van der Waals surface area contributed by atoms with E-state index in [0.717, 1.165) is 0 Å². The zero-order valence-corrected chi connectivity index (χ0v) is 13.3. The number of nitro groups is 1. The van der Waals surface area contributed by atoms with Gasteiger partial charge in [-0.1, -0.05) is 12.1 Å². The standard InChI is InChI=1S/C17H15N3O5/c1-11(12-6-8-13(9-7-12)20(22)23)18-19-17(21)16-10-24-14-4-2-3-5-15(14)25-16/h2-9,16H,10H2,1H3,(H,19,21)/b18-11+/t16-/m0/s1. The Morgan fingerprint density at radius 1 is 1.20 bits per heavy atom. The molecule has 0 aliphatic carbocycles. The number of rotatable bonds is 4. The first-order valence-electron chi connectivity index (χ1n) is 7.52. The molecule has 8 nitrogen and oxygen atoms in total. The highest BCUT2D eigenvalue weighted by atomic mass is 16.6. The number of hydrazone groups is 1. The van der Waals surface area contributed by atoms with Crippen LogP contribution >= 0.6 is 0 Å². The third-order valence-corrected chi connectivity index (χ3v) is 3.63. The Labute approximate surface area is 143 Å². The van der Waals surface area contributed by atoms with Gasteiger partial charge in [-0.3, -0.25) is 14.9 Å². The fourth-order valence-corrected chi connectivity index (χ4v) is 2.25. The average molecular weight is 341 g/mol. The second kappa shape index (κ2) is 7.00. The topological polar surface area (TPSA) is 103 Å². The van der Waals surface area contributed by atoms with E-state index in [1.165, 1.54) is 12.1 Å². The molecular formula is C17H15N3O5. The van der Waals surface area contributed by atoms with Crippen LogP contribution in [0, 0.1) is 10.1 Å². The molecule has 3 rings (SSSR count). The van der Waals surface area contributed by atoms with E-state index in [0.29, 0.717) is 22.8 Å². The van der Waals surface area contributed by atoms with Crippen molar-refractivity contribution in [3.8, 4) is 11.5 Å². The third-order valence-electron chi connectivity index (χ3n) is 3.63. The molecule has 1 N–H and O–H groups in total. The van der Waals surface area contributed by atoms with Crippen molar-refractivity contribution in [3.63, 3.8) is 0 Å². The molecule has 25 heavy (non-hydrogen) atoms. The maximum atomic E-state index is 12.2. The van der Waals surface area contributed by atoms with Gasteiger partial charge >= 0.3 is 0 Å². The number of non-ortho nitro benzene ring substituents is 1. The summed E-state index contributed by atoms with van der Waals surface area (Å²) < 4.78 is 11.1. The first-order valence-corrected chi connectivity index (χ1v) is 7.52. The molecule has 2 aromatic rings. The van der Waals surface area contributed by atoms with Crippen molar-refractivity contribution in [1.82, 2.24) is 5.43 Å². The summed E-state index contributed by atoms with van der Waals surface area (Å²) in [6.07, 6.45) is -0.802. The van der Waals surface area contributed by atoms with Crippen molar-refractivity contribution >= 4 is 17.3 Å². The van der Waals surface area contributed by atoms with Gasteiger partial charge in [0, 0.05) is 12.1 Å². The lowest BCUT2D eigenvalue weighted by atomic mass is 10.1. The summed E-state index contributed by atoms with van der Waals surface area (Å²) in [4.78, 5) is 22.4. The van der Waals surface area contributed by atoms with Crippen LogP contribution in [0.25, 0.3) is 0 Å². The molecule has 1 atom stereocenters. The Balaban J connectivity index is 1.63. The number of amides is 1. The number of nitro benzene ring substituents is 1. The number of para-hydroxylation sites is 2. The Morgan fingerprint density at radius 2 is 1.88 bits per heavy atom. The van der Waals surface area contributed by atoms with Crippen molar-refractivity contribution in [3.05, 3.63) is 64.2 Å². The Hall–Kier alpha value is -3.42. The van der Waals surface area contributed by atoms with Crippen LogP contribution in [0.2, 0.25) is 0 Å². The average Bonchev–Trinajstić information content (AvgIpc) is 2.65. The molecule has 0 radical (unpaired) electrons. The monoisotopic (exact) mass is 341 g/mol. The van der Waals surface area contributed by atoms with E-state index in [2.05, 4.69) is 10.5 Å². The Morgan fingerprint density at radius 3 is 2.56 bits per heavy atom. The molecule has 0 bridgehead atoms. The van der Waals surface area contributed by atoms with Gasteiger partial charge in [-0.2, -0.15) is 5.10 Å². The number of benzene rings is 2. The number of carbonyl (C=O) groups is 1. The third kappa shape index (κ3) is 3.74. The molecule has 1 aliphatic heterocycles. The van der Waals surface area contributed by atoms with E-state index < -0.39 is 16.9 Å². The smallest absolute Gasteiger partial charge is 0.284 e. The molecule has 0 unspecified atom stereocenters. The largest absolute Gasteiger partial charge is 0.485 e. The quantitative estimate of drug-likeness (QED) is 0.522. The summed E-state index contributed by atoms with van der Waals surface area (Å²) in [5.74, 6) is 0.665. The van der Waals surface area contributed by atoms with E-state index in [1.54, 1.807) is 37.3 Å². The molecule has 1 aliphatic rings. The first kappa shape index (κ1) is 16.4. The number of hydrogen-bond donors (Lipinski definition) is 1. The Kier molecular flexibility index (Phi) is 4.60. The van der Waals surface area contributed by atoms with Crippen LogP contribution in [-0.2, 0) is 4.79 Å². The molecule has 128 valence electrons. The first-order chi connectivity index (χ1) is 12.0. The normalized spacial score (nSPS) is 16.2. The van der Waals surface area contributed by atoms with Crippen LogP contribution < -0.4 is 14.9 Å². The highest BCUT2D eigenvalue weighted by Crippen LogP contribution is 2.30. The number of ether oxygens (including phenoxy) is 2. The van der Waals surface area contributed by atoms with Gasteiger partial charge in [0.05, 0.1) is 10.6 Å². The fraction of sp³-hybridized carbons (Fsp3) is 0.176. The molecule has 8 heteroatoms. The number of nitrogens with zero attached hydrogens (tertiary/aromatic N) is 2. The SMILES string of the molecule is C/C(=N\NC(=O)[C@@H]1COc2ccccc2O1)c1ccc([N+](=O)[O-])cc1. The van der Waals surface area contributed by atoms with Gasteiger partial charge in [-0.05, 0) is 36.8 Å². The maximum Gasteiger partial charge on any atom is 0.284 e. The van der Waals surface area contributed by atoms with Crippen molar-refractivity contribution in [1.29, 1.82) is 0 Å². The molecule has 0 spiro atoms. The molecule has 0 fully saturated rings. The molecule has 1 heterocycles. The van der Waals surface area contributed by atoms with Gasteiger partial charge in [0.15, 0.2) is 11.5 Å². The van der Waals surface area contributed by atoms with Crippen molar-refractivity contribution in [2.45, 2.75) is 13.0 Å². The minimum absolute atomic E-state index is 0.00740. The van der Waals surface area contributed by atoms with Gasteiger partial charge in [0.2, 0.25) is 6.10 Å². The van der Waals surface area contributed by atoms with Crippen LogP contribution in [0.3, 0.4) is 0 Å². The van der Waals surface area contributed by atoms with Crippen LogP contribution in [-0.4, -0.2) is 29.3 Å². The minimum atomic E-state index is -0.802. The second-order valence-corrected chi connectivity index (χ2v) is 5.34. The Bertz CT molecular complexity index is 832. The second-order valence-electron chi connectivity index (χ2n) is 5.34. The van der Waals surface area contributed by atoms with E-state index in [-0.39, 0.29) is 12.3 Å². The number of hydrogen-bond acceptors (Lipinski definition) is 6. The molecule has 0 saturated heterocycles. The summed E-state index contributed by atoms with van der Waals surface area (Å²) in [6.45, 7) is 1.78. The summed E-state index contributed by atoms with van der Waals surface area (Å²) in [7, 11) is 0. The highest BCUT2D eigenvalue weighted by Gasteiger charge is 2.27. The molecular weight excluding hydrogens is 326 g/mol. The number of nitrogens with one attached hydrogen (secondary N) is 1. The minimum Gasteiger partial charge on any atom is -0.485 e. The summed E-state index contributed by atoms with van der Waals surface area (Å²) >= 11 is 0. The lowest BCUT2D eigenvalue weighted by Crippen LogP contribution is -2.42. The molecule has 0 aromatic heterocycles. The van der Waals surface area contributed by atoms with Crippen molar-refractivity contribution < 1.29 is 19.2 Å². The van der Waals surface area contributed by atoms with E-state index >= 15 is 0 Å². The van der Waals surface area contributed by atoms with Gasteiger partial charge in [0.1, 0.15) is 6.61 Å². The predicted octanol–water partition coefficient (Wildman–Crippen LogP) is 2.28. The summed E-state index contributed by atoms with van der Waals surface area (Å²) in [5.41, 5.74) is 3.60. The lowest BCUT2D eigenvalue weighted by Gasteiger charge is -2.24. The highest BCUT2D eigenvalue weighted by molar-refractivity contribution is 5.99. The zero-order valence-electron chi connectivity index (χ0n) is 13.3. The van der Waals surface area contributed by atoms with Crippen LogP contribution in [0.1, 0.15) is 12.5 Å². The maximum absolute atomic E-state index is 12.2. The van der Waals surface area contributed by atoms with E-state index in [9.17, 15) is 14.9 Å². The summed E-state index contributed by atoms with van der Waals surface area (Å²) in [6, 6.07) is 13.0. The summed E-state index contributed by atoms with van der Waals surface area (Å²) in [5, 5.41) is 14.7. The van der Waals surface area contributed by atoms with Gasteiger partial charge < -0.3 is 9.47 Å². The van der Waals surface area contributed by atoms with Crippen molar-refractivity contribution in [2.24, 2.45) is 5.10 Å². The van der Waals surface area contributed by atoms with Crippen molar-refractivity contribution in [2.75, 3.05) is 6.61 Å². The van der Waals surface area contributed by atoms with Gasteiger partial charge in [-0.25, -0.2) is 5.43 Å². The van der Waals surface area contributed by atoms with Gasteiger partial charge in [0.25, 0.3) is 11.6 Å². The van der Waals surface area contributed by atoms with Crippen LogP contribution in [0.15, 0.2) is 53.6 Å². The predicted molar refractivity (Wildman–Crippen MR) is 89.8 cm³/mol. The molecule has 1 amide bonds. The van der Waals surface area contributed by atoms with Crippen LogP contribution in [0.5, 0.6) is 11.5 Å². The number of fused-ring (bicyclic) bond motifs is 1. The van der Waals surface area contributed by atoms with E-state index in [4.69, 9.17) is 9.47 Å².